The topological polar surface area (TPSA) is 68.3 Å². The zero-order valence-electron chi connectivity index (χ0n) is 9.34. The summed E-state index contributed by atoms with van der Waals surface area (Å²) in [6.07, 6.45) is 3.18. The number of para-hydroxylation sites is 1. The Bertz CT molecular complexity index is 521. The molecular formula is C12H12N2O3. The average molecular weight is 232 g/mol. The normalized spacial score (nSPS) is 10.2. The van der Waals surface area contributed by atoms with E-state index >= 15 is 0 Å². The van der Waals surface area contributed by atoms with Crippen molar-refractivity contribution in [2.45, 2.75) is 13.5 Å². The summed E-state index contributed by atoms with van der Waals surface area (Å²) in [5, 5.41) is 13.9. The first-order valence-electron chi connectivity index (χ1n) is 5.17. The summed E-state index contributed by atoms with van der Waals surface area (Å²) < 4.78 is 4.94. The van der Waals surface area contributed by atoms with Crippen LogP contribution in [0.3, 0.4) is 0 Å². The minimum Gasteiger partial charge on any atom is -0.472 e. The third kappa shape index (κ3) is 2.44. The molecule has 0 saturated heterocycles. The van der Waals surface area contributed by atoms with Crippen LogP contribution in [0.5, 0.6) is 0 Å². The maximum absolute atomic E-state index is 10.9. The first kappa shape index (κ1) is 11.2. The number of nitrogens with zero attached hydrogens (tertiary/aromatic N) is 1. The summed E-state index contributed by atoms with van der Waals surface area (Å²) in [5.41, 5.74) is 2.44. The number of aryl methyl sites for hydroxylation is 1. The van der Waals surface area contributed by atoms with E-state index < -0.39 is 0 Å². The Morgan fingerprint density at radius 3 is 2.88 bits per heavy atom. The molecule has 2 rings (SSSR count). The fourth-order valence-electron chi connectivity index (χ4n) is 1.62. The van der Waals surface area contributed by atoms with Crippen molar-refractivity contribution in [3.63, 3.8) is 0 Å². The summed E-state index contributed by atoms with van der Waals surface area (Å²) in [6, 6.07) is 6.82. The van der Waals surface area contributed by atoms with Gasteiger partial charge in [-0.3, -0.25) is 10.1 Å². The van der Waals surface area contributed by atoms with Crippen molar-refractivity contribution in [1.82, 2.24) is 0 Å². The van der Waals surface area contributed by atoms with Gasteiger partial charge in [0, 0.05) is 18.2 Å². The fourth-order valence-corrected chi connectivity index (χ4v) is 1.62. The third-order valence-electron chi connectivity index (χ3n) is 2.50. The predicted octanol–water partition coefficient (Wildman–Crippen LogP) is 3.11. The molecule has 0 aliphatic heterocycles. The van der Waals surface area contributed by atoms with Crippen molar-refractivity contribution >= 4 is 11.4 Å². The number of hydrogen-bond acceptors (Lipinski definition) is 4. The second-order valence-electron chi connectivity index (χ2n) is 3.71. The molecule has 2 aromatic rings. The zero-order valence-corrected chi connectivity index (χ0v) is 9.34. The van der Waals surface area contributed by atoms with Gasteiger partial charge in [-0.2, -0.15) is 0 Å². The van der Waals surface area contributed by atoms with E-state index in [0.717, 1.165) is 11.1 Å². The SMILES string of the molecule is Cc1cccc([N+](=O)[O-])c1NCc1ccoc1. The monoisotopic (exact) mass is 232 g/mol. The standard InChI is InChI=1S/C12H12N2O3/c1-9-3-2-4-11(14(15)16)12(9)13-7-10-5-6-17-8-10/h2-6,8,13H,7H2,1H3. The van der Waals surface area contributed by atoms with E-state index in [1.807, 2.05) is 19.1 Å². The van der Waals surface area contributed by atoms with Crippen molar-refractivity contribution in [2.24, 2.45) is 0 Å². The molecule has 88 valence electrons. The fraction of sp³-hybridized carbons (Fsp3) is 0.167. The molecule has 5 nitrogen and oxygen atoms in total. The first-order chi connectivity index (χ1) is 8.18. The highest BCUT2D eigenvalue weighted by atomic mass is 16.6. The van der Waals surface area contributed by atoms with Crippen LogP contribution < -0.4 is 5.32 Å². The molecule has 0 aliphatic carbocycles. The van der Waals surface area contributed by atoms with Gasteiger partial charge in [0.1, 0.15) is 5.69 Å². The van der Waals surface area contributed by atoms with Gasteiger partial charge < -0.3 is 9.73 Å². The van der Waals surface area contributed by atoms with Crippen molar-refractivity contribution in [1.29, 1.82) is 0 Å². The Labute approximate surface area is 98.2 Å². The Hall–Kier alpha value is -2.30. The van der Waals surface area contributed by atoms with Gasteiger partial charge in [-0.05, 0) is 18.6 Å². The number of nitrogens with one attached hydrogen (secondary N) is 1. The molecule has 0 spiro atoms. The molecule has 0 unspecified atom stereocenters. The number of anilines is 1. The molecule has 0 atom stereocenters. The average Bonchev–Trinajstić information content (AvgIpc) is 2.80. The second kappa shape index (κ2) is 4.69. The van der Waals surface area contributed by atoms with Crippen molar-refractivity contribution in [3.05, 3.63) is 58.0 Å². The van der Waals surface area contributed by atoms with E-state index in [4.69, 9.17) is 4.42 Å². The molecule has 17 heavy (non-hydrogen) atoms. The summed E-state index contributed by atoms with van der Waals surface area (Å²) in [7, 11) is 0. The van der Waals surface area contributed by atoms with E-state index in [0.29, 0.717) is 12.2 Å². The predicted molar refractivity (Wildman–Crippen MR) is 63.9 cm³/mol. The quantitative estimate of drug-likeness (QED) is 0.649. The van der Waals surface area contributed by atoms with Crippen molar-refractivity contribution in [3.8, 4) is 0 Å². The van der Waals surface area contributed by atoms with Gasteiger partial charge in [-0.25, -0.2) is 0 Å². The van der Waals surface area contributed by atoms with Gasteiger partial charge in [0.05, 0.1) is 17.4 Å². The molecule has 1 heterocycles. The summed E-state index contributed by atoms with van der Waals surface area (Å²) in [5.74, 6) is 0. The number of nitro groups is 1. The molecule has 1 aromatic heterocycles. The maximum atomic E-state index is 10.9. The van der Waals surface area contributed by atoms with Crippen LogP contribution in [-0.4, -0.2) is 4.92 Å². The summed E-state index contributed by atoms with van der Waals surface area (Å²) >= 11 is 0. The lowest BCUT2D eigenvalue weighted by Gasteiger charge is -2.08. The van der Waals surface area contributed by atoms with Crippen LogP contribution in [0.1, 0.15) is 11.1 Å². The van der Waals surface area contributed by atoms with Crippen LogP contribution in [0.15, 0.2) is 41.2 Å². The number of rotatable bonds is 4. The molecule has 0 fully saturated rings. The largest absolute Gasteiger partial charge is 0.472 e. The molecule has 0 saturated carbocycles. The van der Waals surface area contributed by atoms with Crippen molar-refractivity contribution < 1.29 is 9.34 Å². The molecule has 5 heteroatoms. The van der Waals surface area contributed by atoms with E-state index in [-0.39, 0.29) is 10.6 Å². The van der Waals surface area contributed by atoms with Crippen molar-refractivity contribution in [2.75, 3.05) is 5.32 Å². The van der Waals surface area contributed by atoms with E-state index in [1.165, 1.54) is 6.07 Å². The molecular weight excluding hydrogens is 220 g/mol. The Kier molecular flexibility index (Phi) is 3.09. The highest BCUT2D eigenvalue weighted by Gasteiger charge is 2.14. The zero-order chi connectivity index (χ0) is 12.3. The lowest BCUT2D eigenvalue weighted by molar-refractivity contribution is -0.384. The number of hydrogen-bond donors (Lipinski definition) is 1. The van der Waals surface area contributed by atoms with Gasteiger partial charge in [-0.15, -0.1) is 0 Å². The highest BCUT2D eigenvalue weighted by molar-refractivity contribution is 5.65. The smallest absolute Gasteiger partial charge is 0.292 e. The molecule has 0 aliphatic rings. The second-order valence-corrected chi connectivity index (χ2v) is 3.71. The first-order valence-corrected chi connectivity index (χ1v) is 5.17. The minimum absolute atomic E-state index is 0.0912. The van der Waals surface area contributed by atoms with E-state index in [9.17, 15) is 10.1 Å². The van der Waals surface area contributed by atoms with E-state index in [1.54, 1.807) is 18.6 Å². The third-order valence-corrected chi connectivity index (χ3v) is 2.50. The Morgan fingerprint density at radius 1 is 1.41 bits per heavy atom. The number of nitro benzene ring substituents is 1. The Balaban J connectivity index is 2.22. The van der Waals surface area contributed by atoms with Gasteiger partial charge in [-0.1, -0.05) is 12.1 Å². The highest BCUT2D eigenvalue weighted by Crippen LogP contribution is 2.27. The van der Waals surface area contributed by atoms with E-state index in [2.05, 4.69) is 5.32 Å². The molecule has 0 radical (unpaired) electrons. The van der Waals surface area contributed by atoms with Gasteiger partial charge in [0.15, 0.2) is 0 Å². The minimum atomic E-state index is -0.384. The lowest BCUT2D eigenvalue weighted by atomic mass is 10.1. The maximum Gasteiger partial charge on any atom is 0.292 e. The van der Waals surface area contributed by atoms with Crippen LogP contribution in [0.2, 0.25) is 0 Å². The van der Waals surface area contributed by atoms with Crippen LogP contribution in [-0.2, 0) is 6.54 Å². The lowest BCUT2D eigenvalue weighted by Crippen LogP contribution is -2.03. The number of benzene rings is 1. The van der Waals surface area contributed by atoms with Crippen LogP contribution in [0.25, 0.3) is 0 Å². The molecule has 1 aromatic carbocycles. The molecule has 0 bridgehead atoms. The molecule has 1 N–H and O–H groups in total. The summed E-state index contributed by atoms with van der Waals surface area (Å²) in [6.45, 7) is 2.34. The number of furan rings is 1. The van der Waals surface area contributed by atoms with Crippen LogP contribution in [0.4, 0.5) is 11.4 Å². The van der Waals surface area contributed by atoms with Gasteiger partial charge in [0.25, 0.3) is 5.69 Å². The van der Waals surface area contributed by atoms with Gasteiger partial charge in [0.2, 0.25) is 0 Å². The molecule has 0 amide bonds. The van der Waals surface area contributed by atoms with Crippen LogP contribution >= 0.6 is 0 Å². The summed E-state index contributed by atoms with van der Waals surface area (Å²) in [4.78, 5) is 10.5. The van der Waals surface area contributed by atoms with Gasteiger partial charge >= 0.3 is 0 Å². The van der Waals surface area contributed by atoms with Crippen LogP contribution in [0, 0.1) is 17.0 Å². The Morgan fingerprint density at radius 2 is 2.24 bits per heavy atom.